The van der Waals surface area contributed by atoms with Gasteiger partial charge in [-0.05, 0) is 12.1 Å². The second-order valence-corrected chi connectivity index (χ2v) is 6.92. The van der Waals surface area contributed by atoms with E-state index in [1.807, 2.05) is 0 Å². The molecular weight excluding hydrogens is 409 g/mol. The molecular formula is C14H6Cl6N2. The Labute approximate surface area is 155 Å². The zero-order valence-electron chi connectivity index (χ0n) is 10.6. The van der Waals surface area contributed by atoms with Gasteiger partial charge < -0.3 is 11.5 Å². The minimum absolute atomic E-state index is 0.183. The van der Waals surface area contributed by atoms with Crippen molar-refractivity contribution in [3.63, 3.8) is 0 Å². The number of rotatable bonds is 0. The number of benzene rings is 3. The van der Waals surface area contributed by atoms with Crippen molar-refractivity contribution in [3.05, 3.63) is 42.3 Å². The summed E-state index contributed by atoms with van der Waals surface area (Å²) in [6, 6.07) is 3.43. The third-order valence-corrected chi connectivity index (χ3v) is 6.01. The van der Waals surface area contributed by atoms with Crippen LogP contribution in [0.2, 0.25) is 30.1 Å². The number of anilines is 2. The summed E-state index contributed by atoms with van der Waals surface area (Å²) in [6.45, 7) is 0. The fourth-order valence-corrected chi connectivity index (χ4v) is 3.79. The van der Waals surface area contributed by atoms with Crippen LogP contribution in [0.1, 0.15) is 0 Å². The van der Waals surface area contributed by atoms with Crippen molar-refractivity contribution in [1.82, 2.24) is 0 Å². The van der Waals surface area contributed by atoms with Gasteiger partial charge in [-0.2, -0.15) is 0 Å². The molecule has 3 aromatic carbocycles. The van der Waals surface area contributed by atoms with Gasteiger partial charge in [0, 0.05) is 21.5 Å². The van der Waals surface area contributed by atoms with Crippen LogP contribution in [-0.4, -0.2) is 0 Å². The molecule has 0 radical (unpaired) electrons. The van der Waals surface area contributed by atoms with Gasteiger partial charge in [-0.1, -0.05) is 69.6 Å². The van der Waals surface area contributed by atoms with Gasteiger partial charge in [0.25, 0.3) is 0 Å². The number of nitrogen functional groups attached to an aromatic ring is 2. The maximum atomic E-state index is 6.27. The molecule has 3 rings (SSSR count). The fraction of sp³-hybridized carbons (Fsp3) is 0. The number of nitrogens with two attached hydrogens (primary N) is 2. The molecule has 0 aliphatic carbocycles. The quantitative estimate of drug-likeness (QED) is 0.234. The maximum Gasteiger partial charge on any atom is 0.0843 e. The Hall–Kier alpha value is -0.480. The Morgan fingerprint density at radius 2 is 0.727 bits per heavy atom. The summed E-state index contributed by atoms with van der Waals surface area (Å²) in [5, 5.41) is 3.88. The average molecular weight is 415 g/mol. The SMILES string of the molecule is Nc1c(Cl)c(Cl)c2cc3c(Cl)c(N)c(Cl)c(Cl)c3cc2c1Cl. The van der Waals surface area contributed by atoms with E-state index in [-0.39, 0.29) is 41.5 Å². The molecule has 0 saturated carbocycles. The highest BCUT2D eigenvalue weighted by atomic mass is 35.5. The van der Waals surface area contributed by atoms with Gasteiger partial charge in [0.05, 0.1) is 41.5 Å². The van der Waals surface area contributed by atoms with Gasteiger partial charge in [0.15, 0.2) is 0 Å². The van der Waals surface area contributed by atoms with Crippen molar-refractivity contribution < 1.29 is 0 Å². The molecule has 0 atom stereocenters. The summed E-state index contributed by atoms with van der Waals surface area (Å²) in [5.74, 6) is 0. The van der Waals surface area contributed by atoms with Crippen molar-refractivity contribution >= 4 is 103 Å². The highest BCUT2D eigenvalue weighted by molar-refractivity contribution is 6.53. The van der Waals surface area contributed by atoms with Crippen molar-refractivity contribution in [2.45, 2.75) is 0 Å². The average Bonchev–Trinajstić information content (AvgIpc) is 2.52. The van der Waals surface area contributed by atoms with Crippen LogP contribution >= 0.6 is 69.6 Å². The molecule has 0 aliphatic heterocycles. The second kappa shape index (κ2) is 5.55. The molecule has 0 aromatic heterocycles. The maximum absolute atomic E-state index is 6.27. The first-order chi connectivity index (χ1) is 10.3. The van der Waals surface area contributed by atoms with Crippen LogP contribution in [0.3, 0.4) is 0 Å². The molecule has 0 unspecified atom stereocenters. The molecule has 0 saturated heterocycles. The van der Waals surface area contributed by atoms with E-state index >= 15 is 0 Å². The summed E-state index contributed by atoms with van der Waals surface area (Å²) in [6.07, 6.45) is 0. The molecule has 2 nitrogen and oxygen atoms in total. The first-order valence-electron chi connectivity index (χ1n) is 5.87. The first-order valence-corrected chi connectivity index (χ1v) is 8.13. The lowest BCUT2D eigenvalue weighted by molar-refractivity contribution is 1.72. The van der Waals surface area contributed by atoms with Gasteiger partial charge in [0.1, 0.15) is 0 Å². The minimum atomic E-state index is 0.183. The highest BCUT2D eigenvalue weighted by Gasteiger charge is 2.19. The number of hydrogen-bond acceptors (Lipinski definition) is 2. The lowest BCUT2D eigenvalue weighted by Crippen LogP contribution is -1.94. The lowest BCUT2D eigenvalue weighted by atomic mass is 10.0. The van der Waals surface area contributed by atoms with E-state index in [2.05, 4.69) is 0 Å². The largest absolute Gasteiger partial charge is 0.396 e. The lowest BCUT2D eigenvalue weighted by Gasteiger charge is -2.14. The van der Waals surface area contributed by atoms with E-state index in [0.717, 1.165) is 0 Å². The molecule has 0 bridgehead atoms. The third kappa shape index (κ3) is 2.17. The third-order valence-electron chi connectivity index (χ3n) is 3.43. The Bertz CT molecular complexity index is 815. The van der Waals surface area contributed by atoms with Crippen LogP contribution in [0.15, 0.2) is 12.1 Å². The number of hydrogen-bond donors (Lipinski definition) is 2. The topological polar surface area (TPSA) is 52.0 Å². The van der Waals surface area contributed by atoms with Crippen LogP contribution in [0.4, 0.5) is 11.4 Å². The Kier molecular flexibility index (Phi) is 4.14. The molecule has 0 amide bonds. The number of fused-ring (bicyclic) bond motifs is 2. The monoisotopic (exact) mass is 412 g/mol. The van der Waals surface area contributed by atoms with Crippen LogP contribution in [0.25, 0.3) is 21.5 Å². The molecule has 0 spiro atoms. The van der Waals surface area contributed by atoms with Crippen molar-refractivity contribution in [2.24, 2.45) is 0 Å². The Morgan fingerprint density at radius 3 is 1.05 bits per heavy atom. The van der Waals surface area contributed by atoms with E-state index in [0.29, 0.717) is 21.5 Å². The normalized spacial score (nSPS) is 11.5. The molecule has 3 aromatic rings. The Balaban J connectivity index is 2.64. The zero-order valence-corrected chi connectivity index (χ0v) is 15.1. The van der Waals surface area contributed by atoms with E-state index in [9.17, 15) is 0 Å². The van der Waals surface area contributed by atoms with Gasteiger partial charge in [0.2, 0.25) is 0 Å². The minimum Gasteiger partial charge on any atom is -0.396 e. The summed E-state index contributed by atoms with van der Waals surface area (Å²) < 4.78 is 0. The number of halogens is 6. The van der Waals surface area contributed by atoms with Crippen LogP contribution < -0.4 is 11.5 Å². The van der Waals surface area contributed by atoms with Gasteiger partial charge in [-0.15, -0.1) is 0 Å². The second-order valence-electron chi connectivity index (χ2n) is 4.65. The van der Waals surface area contributed by atoms with Crippen LogP contribution in [0.5, 0.6) is 0 Å². The molecule has 22 heavy (non-hydrogen) atoms. The van der Waals surface area contributed by atoms with Crippen molar-refractivity contribution in [3.8, 4) is 0 Å². The summed E-state index contributed by atoms with van der Waals surface area (Å²) in [7, 11) is 0. The first kappa shape index (κ1) is 16.4. The fourth-order valence-electron chi connectivity index (χ4n) is 2.28. The molecule has 8 heteroatoms. The van der Waals surface area contributed by atoms with Gasteiger partial charge in [-0.25, -0.2) is 0 Å². The van der Waals surface area contributed by atoms with E-state index < -0.39 is 0 Å². The summed E-state index contributed by atoms with van der Waals surface area (Å²) >= 11 is 37.2. The molecule has 0 aliphatic rings. The van der Waals surface area contributed by atoms with Crippen molar-refractivity contribution in [2.75, 3.05) is 11.5 Å². The van der Waals surface area contributed by atoms with Gasteiger partial charge >= 0.3 is 0 Å². The van der Waals surface area contributed by atoms with Crippen LogP contribution in [0, 0.1) is 0 Å². The standard InChI is InChI=1S/C14H6Cl6N2/c15-7-3-1-5-4(8(16)12(20)13(21)9(5)17)2-6(3)10(18)14(22)11(7)19/h1-2H,21-22H2. The molecule has 0 fully saturated rings. The van der Waals surface area contributed by atoms with Crippen molar-refractivity contribution in [1.29, 1.82) is 0 Å². The predicted octanol–water partition coefficient (Wildman–Crippen LogP) is 7.08. The summed E-state index contributed by atoms with van der Waals surface area (Å²) in [4.78, 5) is 0. The van der Waals surface area contributed by atoms with Gasteiger partial charge in [-0.3, -0.25) is 0 Å². The predicted molar refractivity (Wildman–Crippen MR) is 100 cm³/mol. The zero-order chi connectivity index (χ0) is 16.3. The molecule has 0 heterocycles. The van der Waals surface area contributed by atoms with E-state index in [1.165, 1.54) is 0 Å². The van der Waals surface area contributed by atoms with E-state index in [4.69, 9.17) is 81.1 Å². The Morgan fingerprint density at radius 1 is 0.455 bits per heavy atom. The van der Waals surface area contributed by atoms with E-state index in [1.54, 1.807) is 12.1 Å². The van der Waals surface area contributed by atoms with Crippen LogP contribution in [-0.2, 0) is 0 Å². The molecule has 4 N–H and O–H groups in total. The highest BCUT2D eigenvalue weighted by Crippen LogP contribution is 2.47. The smallest absolute Gasteiger partial charge is 0.0843 e. The summed E-state index contributed by atoms with van der Waals surface area (Å²) in [5.41, 5.74) is 12.1. The molecule has 114 valence electrons.